The monoisotopic (exact) mass is 216 g/mol. The Kier molecular flexibility index (Phi) is 1.94. The standard InChI is InChI=1S/C8H5ClOS2/c9-5-3-4-1-2-12-8(4)7(11)6(5)10/h1-3,10-11H. The summed E-state index contributed by atoms with van der Waals surface area (Å²) in [4.78, 5) is 0.562. The van der Waals surface area contributed by atoms with Crippen molar-refractivity contribution in [3.63, 3.8) is 0 Å². The van der Waals surface area contributed by atoms with Crippen molar-refractivity contribution in [2.75, 3.05) is 0 Å². The Morgan fingerprint density at radius 2 is 2.25 bits per heavy atom. The lowest BCUT2D eigenvalue weighted by atomic mass is 10.2. The molecule has 0 spiro atoms. The molecule has 1 heterocycles. The number of hydrogen-bond donors (Lipinski definition) is 2. The number of thiol groups is 1. The van der Waals surface area contributed by atoms with Gasteiger partial charge < -0.3 is 5.11 Å². The van der Waals surface area contributed by atoms with Crippen LogP contribution in [0.2, 0.25) is 5.02 Å². The molecule has 0 aliphatic carbocycles. The van der Waals surface area contributed by atoms with Gasteiger partial charge in [0.15, 0.2) is 0 Å². The SMILES string of the molecule is Oc1c(Cl)cc2ccsc2c1S. The van der Waals surface area contributed by atoms with Gasteiger partial charge in [0.1, 0.15) is 5.75 Å². The molecule has 0 radical (unpaired) electrons. The van der Waals surface area contributed by atoms with Crippen molar-refractivity contribution in [3.05, 3.63) is 22.5 Å². The molecule has 0 saturated heterocycles. The minimum atomic E-state index is 0.0648. The number of phenols is 1. The van der Waals surface area contributed by atoms with Crippen LogP contribution in [0.3, 0.4) is 0 Å². The molecule has 0 saturated carbocycles. The summed E-state index contributed by atoms with van der Waals surface area (Å²) in [7, 11) is 0. The summed E-state index contributed by atoms with van der Waals surface area (Å²) in [5.41, 5.74) is 0. The van der Waals surface area contributed by atoms with Gasteiger partial charge >= 0.3 is 0 Å². The molecule has 0 unspecified atom stereocenters. The average Bonchev–Trinajstić information content (AvgIpc) is 2.48. The molecule has 0 amide bonds. The molecular formula is C8H5ClOS2. The van der Waals surface area contributed by atoms with E-state index in [2.05, 4.69) is 12.6 Å². The zero-order valence-corrected chi connectivity index (χ0v) is 8.38. The van der Waals surface area contributed by atoms with E-state index in [-0.39, 0.29) is 5.75 Å². The molecule has 2 aromatic rings. The van der Waals surface area contributed by atoms with Gasteiger partial charge in [-0.2, -0.15) is 0 Å². The zero-order chi connectivity index (χ0) is 8.72. The number of halogens is 1. The van der Waals surface area contributed by atoms with Crippen LogP contribution in [0.1, 0.15) is 0 Å². The van der Waals surface area contributed by atoms with Crippen LogP contribution in [0.25, 0.3) is 10.1 Å². The fraction of sp³-hybridized carbons (Fsp3) is 0. The van der Waals surface area contributed by atoms with Crippen molar-refractivity contribution < 1.29 is 5.11 Å². The van der Waals surface area contributed by atoms with Gasteiger partial charge in [-0.05, 0) is 22.9 Å². The molecule has 62 valence electrons. The van der Waals surface area contributed by atoms with Crippen LogP contribution < -0.4 is 0 Å². The lowest BCUT2D eigenvalue weighted by molar-refractivity contribution is 0.465. The van der Waals surface area contributed by atoms with Gasteiger partial charge in [0.2, 0.25) is 0 Å². The van der Waals surface area contributed by atoms with Crippen LogP contribution in [-0.4, -0.2) is 5.11 Å². The average molecular weight is 217 g/mol. The van der Waals surface area contributed by atoms with E-state index in [1.807, 2.05) is 11.4 Å². The molecular weight excluding hydrogens is 212 g/mol. The largest absolute Gasteiger partial charge is 0.505 e. The Bertz CT molecular complexity index is 436. The van der Waals surface area contributed by atoms with E-state index < -0.39 is 0 Å². The van der Waals surface area contributed by atoms with E-state index in [9.17, 15) is 5.11 Å². The quantitative estimate of drug-likeness (QED) is 0.646. The van der Waals surface area contributed by atoms with E-state index >= 15 is 0 Å². The smallest absolute Gasteiger partial charge is 0.148 e. The van der Waals surface area contributed by atoms with Crippen LogP contribution in [-0.2, 0) is 0 Å². The Morgan fingerprint density at radius 3 is 3.00 bits per heavy atom. The number of aromatic hydroxyl groups is 1. The minimum Gasteiger partial charge on any atom is -0.505 e. The number of rotatable bonds is 0. The molecule has 0 bridgehead atoms. The van der Waals surface area contributed by atoms with E-state index in [1.54, 1.807) is 17.4 Å². The van der Waals surface area contributed by atoms with Gasteiger partial charge in [-0.3, -0.25) is 0 Å². The van der Waals surface area contributed by atoms with Gasteiger partial charge in [-0.15, -0.1) is 24.0 Å². The molecule has 1 N–H and O–H groups in total. The maximum absolute atomic E-state index is 9.42. The Morgan fingerprint density at radius 1 is 1.50 bits per heavy atom. The van der Waals surface area contributed by atoms with Crippen LogP contribution in [0.5, 0.6) is 5.75 Å². The third kappa shape index (κ3) is 1.09. The summed E-state index contributed by atoms with van der Waals surface area (Å²) in [6, 6.07) is 3.69. The maximum Gasteiger partial charge on any atom is 0.148 e. The molecule has 0 atom stereocenters. The van der Waals surface area contributed by atoms with Crippen molar-refractivity contribution in [1.82, 2.24) is 0 Å². The first-order valence-corrected chi connectivity index (χ1v) is 4.98. The van der Waals surface area contributed by atoms with Crippen molar-refractivity contribution in [2.24, 2.45) is 0 Å². The second-order valence-electron chi connectivity index (χ2n) is 2.39. The van der Waals surface area contributed by atoms with Crippen molar-refractivity contribution in [3.8, 4) is 5.75 Å². The second kappa shape index (κ2) is 2.83. The van der Waals surface area contributed by atoms with Gasteiger partial charge in [0.25, 0.3) is 0 Å². The number of phenolic OH excluding ortho intramolecular Hbond substituents is 1. The topological polar surface area (TPSA) is 20.2 Å². The van der Waals surface area contributed by atoms with Gasteiger partial charge in [0, 0.05) is 0 Å². The minimum absolute atomic E-state index is 0.0648. The number of benzene rings is 1. The molecule has 0 aliphatic heterocycles. The Labute approximate surface area is 84.0 Å². The van der Waals surface area contributed by atoms with Crippen molar-refractivity contribution in [1.29, 1.82) is 0 Å². The van der Waals surface area contributed by atoms with Gasteiger partial charge in [-0.1, -0.05) is 11.6 Å². The Balaban J connectivity index is 2.94. The first-order chi connectivity index (χ1) is 5.70. The zero-order valence-electron chi connectivity index (χ0n) is 5.91. The molecule has 1 aromatic heterocycles. The fourth-order valence-corrected chi connectivity index (χ4v) is 2.56. The first kappa shape index (κ1) is 8.23. The van der Waals surface area contributed by atoms with E-state index in [1.165, 1.54) is 0 Å². The van der Waals surface area contributed by atoms with Gasteiger partial charge in [0.05, 0.1) is 14.6 Å². The van der Waals surface area contributed by atoms with Crippen molar-refractivity contribution in [2.45, 2.75) is 4.90 Å². The van der Waals surface area contributed by atoms with Crippen LogP contribution in [0.4, 0.5) is 0 Å². The molecule has 1 aromatic carbocycles. The third-order valence-electron chi connectivity index (χ3n) is 1.64. The predicted octanol–water partition coefficient (Wildman–Crippen LogP) is 3.55. The highest BCUT2D eigenvalue weighted by molar-refractivity contribution is 7.81. The summed E-state index contributed by atoms with van der Waals surface area (Å²) in [5.74, 6) is 0.0648. The van der Waals surface area contributed by atoms with E-state index in [4.69, 9.17) is 11.6 Å². The van der Waals surface area contributed by atoms with Crippen LogP contribution >= 0.6 is 35.6 Å². The lowest BCUT2D eigenvalue weighted by Gasteiger charge is -2.00. The lowest BCUT2D eigenvalue weighted by Crippen LogP contribution is -1.72. The molecule has 2 rings (SSSR count). The second-order valence-corrected chi connectivity index (χ2v) is 4.17. The summed E-state index contributed by atoms with van der Waals surface area (Å²) >= 11 is 11.5. The van der Waals surface area contributed by atoms with Crippen LogP contribution in [0, 0.1) is 0 Å². The number of hydrogen-bond acceptors (Lipinski definition) is 3. The normalized spacial score (nSPS) is 10.8. The summed E-state index contributed by atoms with van der Waals surface area (Å²) in [6.45, 7) is 0. The van der Waals surface area contributed by atoms with E-state index in [0.29, 0.717) is 9.92 Å². The highest BCUT2D eigenvalue weighted by Gasteiger charge is 2.08. The third-order valence-corrected chi connectivity index (χ3v) is 3.47. The summed E-state index contributed by atoms with van der Waals surface area (Å²) in [6.07, 6.45) is 0. The summed E-state index contributed by atoms with van der Waals surface area (Å²) < 4.78 is 0.972. The Hall–Kier alpha value is -0.380. The molecule has 1 nitrogen and oxygen atoms in total. The molecule has 0 aliphatic rings. The van der Waals surface area contributed by atoms with E-state index in [0.717, 1.165) is 10.1 Å². The number of thiophene rings is 1. The molecule has 0 fully saturated rings. The highest BCUT2D eigenvalue weighted by atomic mass is 35.5. The summed E-state index contributed by atoms with van der Waals surface area (Å²) in [5, 5.41) is 12.7. The number of fused-ring (bicyclic) bond motifs is 1. The predicted molar refractivity (Wildman–Crippen MR) is 55.8 cm³/mol. The first-order valence-electron chi connectivity index (χ1n) is 3.28. The van der Waals surface area contributed by atoms with Crippen LogP contribution in [0.15, 0.2) is 22.4 Å². The molecule has 12 heavy (non-hydrogen) atoms. The fourth-order valence-electron chi connectivity index (χ4n) is 1.05. The maximum atomic E-state index is 9.42. The highest BCUT2D eigenvalue weighted by Crippen LogP contribution is 2.39. The van der Waals surface area contributed by atoms with Crippen molar-refractivity contribution >= 4 is 45.7 Å². The van der Waals surface area contributed by atoms with Gasteiger partial charge in [-0.25, -0.2) is 0 Å². The molecule has 4 heteroatoms.